The second kappa shape index (κ2) is 7.14. The lowest BCUT2D eigenvalue weighted by atomic mass is 9.98. The van der Waals surface area contributed by atoms with E-state index >= 15 is 0 Å². The summed E-state index contributed by atoms with van der Waals surface area (Å²) >= 11 is 1.68. The molecule has 3 heteroatoms. The van der Waals surface area contributed by atoms with Gasteiger partial charge in [0.05, 0.1) is 0 Å². The maximum Gasteiger partial charge on any atom is 0.124 e. The summed E-state index contributed by atoms with van der Waals surface area (Å²) < 4.78 is 0. The Morgan fingerprint density at radius 3 is 2.42 bits per heavy atom. The molecule has 0 bridgehead atoms. The quantitative estimate of drug-likeness (QED) is 0.405. The molecule has 0 atom stereocenters. The van der Waals surface area contributed by atoms with Crippen LogP contribution in [0.25, 0.3) is 33.5 Å². The molecule has 0 N–H and O–H groups in total. The van der Waals surface area contributed by atoms with Crippen molar-refractivity contribution in [1.29, 1.82) is 0 Å². The lowest BCUT2D eigenvalue weighted by molar-refractivity contribution is 1.13. The molecule has 0 unspecified atom stereocenters. The van der Waals surface area contributed by atoms with Crippen LogP contribution in [-0.4, -0.2) is 19.1 Å². The van der Waals surface area contributed by atoms with Gasteiger partial charge in [0, 0.05) is 36.9 Å². The van der Waals surface area contributed by atoms with Crippen molar-refractivity contribution in [3.05, 3.63) is 83.4 Å². The number of aromatic nitrogens is 1. The number of nitrogens with zero attached hydrogens (tertiary/aromatic N) is 2. The number of hydrogen-bond donors (Lipinski definition) is 0. The van der Waals surface area contributed by atoms with Crippen LogP contribution in [0.15, 0.2) is 72.2 Å². The van der Waals surface area contributed by atoms with Crippen molar-refractivity contribution in [3.63, 3.8) is 0 Å². The van der Waals surface area contributed by atoms with Gasteiger partial charge in [-0.1, -0.05) is 60.7 Å². The number of benzene rings is 3. The first-order chi connectivity index (χ1) is 12.7. The van der Waals surface area contributed by atoms with Crippen LogP contribution < -0.4 is 4.90 Å². The van der Waals surface area contributed by atoms with Crippen LogP contribution in [0.2, 0.25) is 0 Å². The Bertz CT molecular complexity index is 1050. The van der Waals surface area contributed by atoms with E-state index < -0.39 is 0 Å². The molecule has 26 heavy (non-hydrogen) atoms. The highest BCUT2D eigenvalue weighted by atomic mass is 32.1. The van der Waals surface area contributed by atoms with Gasteiger partial charge < -0.3 is 4.90 Å². The van der Waals surface area contributed by atoms with E-state index in [4.69, 9.17) is 0 Å². The number of rotatable bonds is 4. The topological polar surface area (TPSA) is 16.1 Å². The molecule has 2 nitrogen and oxygen atoms in total. The van der Waals surface area contributed by atoms with E-state index in [1.54, 1.807) is 11.3 Å². The maximum atomic E-state index is 4.56. The van der Waals surface area contributed by atoms with Crippen LogP contribution >= 0.6 is 11.3 Å². The van der Waals surface area contributed by atoms with Gasteiger partial charge in [-0.2, -0.15) is 0 Å². The summed E-state index contributed by atoms with van der Waals surface area (Å²) in [5, 5.41) is 5.58. The molecule has 4 aromatic rings. The van der Waals surface area contributed by atoms with Crippen molar-refractivity contribution in [2.75, 3.05) is 19.0 Å². The molecule has 4 rings (SSSR count). The number of anilines is 1. The zero-order valence-corrected chi connectivity index (χ0v) is 15.7. The Balaban J connectivity index is 1.78. The van der Waals surface area contributed by atoms with Gasteiger partial charge in [0.25, 0.3) is 0 Å². The van der Waals surface area contributed by atoms with E-state index in [-0.39, 0.29) is 0 Å². The summed E-state index contributed by atoms with van der Waals surface area (Å²) in [4.78, 5) is 6.67. The highest BCUT2D eigenvalue weighted by molar-refractivity contribution is 7.13. The van der Waals surface area contributed by atoms with E-state index in [0.717, 1.165) is 5.01 Å². The minimum Gasteiger partial charge on any atom is -0.378 e. The van der Waals surface area contributed by atoms with E-state index in [1.807, 2.05) is 11.6 Å². The van der Waals surface area contributed by atoms with Crippen LogP contribution in [0, 0.1) is 0 Å². The zero-order valence-electron chi connectivity index (χ0n) is 14.9. The van der Waals surface area contributed by atoms with E-state index in [2.05, 4.69) is 96.8 Å². The molecule has 128 valence electrons. The van der Waals surface area contributed by atoms with Gasteiger partial charge >= 0.3 is 0 Å². The van der Waals surface area contributed by atoms with Crippen molar-refractivity contribution in [2.24, 2.45) is 0 Å². The predicted molar refractivity (Wildman–Crippen MR) is 115 cm³/mol. The van der Waals surface area contributed by atoms with Crippen LogP contribution in [0.1, 0.15) is 11.1 Å². The van der Waals surface area contributed by atoms with Crippen LogP contribution in [0.5, 0.6) is 0 Å². The summed E-state index contributed by atoms with van der Waals surface area (Å²) in [5.41, 5.74) is 4.79. The van der Waals surface area contributed by atoms with E-state index in [9.17, 15) is 0 Å². The van der Waals surface area contributed by atoms with Gasteiger partial charge in [-0.15, -0.1) is 11.3 Å². The first kappa shape index (κ1) is 16.6. The molecule has 0 amide bonds. The number of fused-ring (bicyclic) bond motifs is 1. The molecule has 0 saturated heterocycles. The lowest BCUT2D eigenvalue weighted by Crippen LogP contribution is -2.07. The molecule has 1 heterocycles. The fraction of sp³-hybridized carbons (Fsp3) is 0.0870. The number of thiazole rings is 1. The van der Waals surface area contributed by atoms with Crippen LogP contribution in [-0.2, 0) is 0 Å². The Morgan fingerprint density at radius 1 is 0.885 bits per heavy atom. The summed E-state index contributed by atoms with van der Waals surface area (Å²) in [6.45, 7) is 0. The Hall–Kier alpha value is -2.91. The summed E-state index contributed by atoms with van der Waals surface area (Å²) in [6.07, 6.45) is 6.23. The van der Waals surface area contributed by atoms with Crippen molar-refractivity contribution in [3.8, 4) is 10.6 Å². The second-order valence-corrected chi connectivity index (χ2v) is 7.30. The first-order valence-corrected chi connectivity index (χ1v) is 9.47. The van der Waals surface area contributed by atoms with Crippen LogP contribution in [0.4, 0.5) is 5.69 Å². The van der Waals surface area contributed by atoms with E-state index in [0.29, 0.717) is 0 Å². The largest absolute Gasteiger partial charge is 0.378 e. The minimum absolute atomic E-state index is 1.06. The number of hydrogen-bond acceptors (Lipinski definition) is 3. The standard InChI is InChI=1S/C23H20N2S/c1-25(2)20-13-8-17(9-14-20)7-10-19-12-11-18-5-3-4-6-21(18)22(19)23-24-15-16-26-23/h3-16H,1-2H3. The third kappa shape index (κ3) is 3.26. The third-order valence-electron chi connectivity index (χ3n) is 4.47. The average molecular weight is 356 g/mol. The SMILES string of the molecule is CN(C)c1ccc(C=Cc2ccc3ccccc3c2-c2nccs2)cc1. The summed E-state index contributed by atoms with van der Waals surface area (Å²) in [5.74, 6) is 0. The second-order valence-electron chi connectivity index (χ2n) is 6.41. The van der Waals surface area contributed by atoms with Gasteiger partial charge in [-0.3, -0.25) is 0 Å². The highest BCUT2D eigenvalue weighted by Gasteiger charge is 2.10. The first-order valence-electron chi connectivity index (χ1n) is 8.59. The molecule has 0 aliphatic heterocycles. The van der Waals surface area contributed by atoms with Gasteiger partial charge in [0.1, 0.15) is 5.01 Å². The monoisotopic (exact) mass is 356 g/mol. The van der Waals surface area contributed by atoms with Crippen molar-refractivity contribution in [1.82, 2.24) is 4.98 Å². The van der Waals surface area contributed by atoms with Gasteiger partial charge in [0.2, 0.25) is 0 Å². The Labute approximate surface area is 158 Å². The van der Waals surface area contributed by atoms with Gasteiger partial charge in [-0.25, -0.2) is 4.98 Å². The maximum absolute atomic E-state index is 4.56. The lowest BCUT2D eigenvalue weighted by Gasteiger charge is -2.12. The smallest absolute Gasteiger partial charge is 0.124 e. The molecule has 0 radical (unpaired) electrons. The zero-order chi connectivity index (χ0) is 17.9. The molecule has 0 fully saturated rings. The van der Waals surface area contributed by atoms with Crippen molar-refractivity contribution < 1.29 is 0 Å². The summed E-state index contributed by atoms with van der Waals surface area (Å²) in [6, 6.07) is 21.4. The third-order valence-corrected chi connectivity index (χ3v) is 5.26. The molecular formula is C23H20N2S. The summed E-state index contributed by atoms with van der Waals surface area (Å²) in [7, 11) is 4.11. The Kier molecular flexibility index (Phi) is 4.55. The fourth-order valence-electron chi connectivity index (χ4n) is 3.08. The molecule has 3 aromatic carbocycles. The van der Waals surface area contributed by atoms with Gasteiger partial charge in [-0.05, 0) is 34.0 Å². The predicted octanol–water partition coefficient (Wildman–Crippen LogP) is 6.20. The average Bonchev–Trinajstić information content (AvgIpc) is 3.20. The van der Waals surface area contributed by atoms with Crippen molar-refractivity contribution in [2.45, 2.75) is 0 Å². The minimum atomic E-state index is 1.06. The van der Waals surface area contributed by atoms with Crippen LogP contribution in [0.3, 0.4) is 0 Å². The molecule has 0 spiro atoms. The molecule has 0 aliphatic carbocycles. The molecular weight excluding hydrogens is 336 g/mol. The van der Waals surface area contributed by atoms with Crippen molar-refractivity contribution >= 4 is 39.9 Å². The molecule has 0 saturated carbocycles. The Morgan fingerprint density at radius 2 is 1.69 bits per heavy atom. The normalized spacial score (nSPS) is 11.3. The molecule has 0 aliphatic rings. The van der Waals surface area contributed by atoms with E-state index in [1.165, 1.54) is 33.2 Å². The molecule has 1 aromatic heterocycles. The van der Waals surface area contributed by atoms with Gasteiger partial charge in [0.15, 0.2) is 0 Å². The fourth-order valence-corrected chi connectivity index (χ4v) is 3.80. The highest BCUT2D eigenvalue weighted by Crippen LogP contribution is 2.34.